The van der Waals surface area contributed by atoms with E-state index < -0.39 is 10.1 Å². The summed E-state index contributed by atoms with van der Waals surface area (Å²) in [7, 11) is -4.02. The number of hydrogen-bond acceptors (Lipinski definition) is 4. The number of aryl methyl sites for hydroxylation is 1. The Morgan fingerprint density at radius 2 is 1.79 bits per heavy atom. The van der Waals surface area contributed by atoms with Crippen LogP contribution in [0.25, 0.3) is 0 Å². The zero-order valence-corrected chi connectivity index (χ0v) is 12.5. The molecule has 0 heterocycles. The summed E-state index contributed by atoms with van der Waals surface area (Å²) in [6, 6.07) is 5.99. The molecular formula is C13H18O4S2. The summed E-state index contributed by atoms with van der Waals surface area (Å²) in [6.45, 7) is 1.84. The standard InChI is InChI=1S/C7H8O3S.C6H10OS/c1-6-2-4-7(5-3-6)11(8,9)10;7-5-3-1-2-4-6(5)8/h2-5H,1H3,(H,8,9,10);6,8H,1-4H2. The molecule has 6 heteroatoms. The van der Waals surface area contributed by atoms with E-state index in [9.17, 15) is 13.2 Å². The first kappa shape index (κ1) is 16.2. The lowest BCUT2D eigenvalue weighted by Crippen LogP contribution is -2.18. The summed E-state index contributed by atoms with van der Waals surface area (Å²) in [5, 5.41) is 0.0590. The van der Waals surface area contributed by atoms with Crippen LogP contribution in [0.1, 0.15) is 31.2 Å². The second-order valence-corrected chi connectivity index (χ2v) is 6.56. The molecule has 0 spiro atoms. The van der Waals surface area contributed by atoms with Gasteiger partial charge in [-0.05, 0) is 31.9 Å². The average Bonchev–Trinajstić information content (AvgIpc) is 2.33. The monoisotopic (exact) mass is 302 g/mol. The molecule has 1 aromatic carbocycles. The van der Waals surface area contributed by atoms with E-state index in [1.54, 1.807) is 12.1 Å². The molecule has 0 aromatic heterocycles. The lowest BCUT2D eigenvalue weighted by molar-refractivity contribution is -0.119. The topological polar surface area (TPSA) is 71.4 Å². The minimum atomic E-state index is -4.02. The molecule has 0 bridgehead atoms. The van der Waals surface area contributed by atoms with Gasteiger partial charge in [-0.25, -0.2) is 0 Å². The Kier molecular flexibility index (Phi) is 6.03. The zero-order chi connectivity index (χ0) is 14.5. The van der Waals surface area contributed by atoms with Gasteiger partial charge in [0.2, 0.25) is 0 Å². The van der Waals surface area contributed by atoms with Crippen LogP contribution in [0, 0.1) is 6.92 Å². The lowest BCUT2D eigenvalue weighted by atomic mass is 9.99. The maximum absolute atomic E-state index is 10.7. The van der Waals surface area contributed by atoms with Gasteiger partial charge >= 0.3 is 0 Å². The van der Waals surface area contributed by atoms with E-state index >= 15 is 0 Å². The van der Waals surface area contributed by atoms with E-state index in [0.717, 1.165) is 24.8 Å². The van der Waals surface area contributed by atoms with Gasteiger partial charge in [-0.3, -0.25) is 9.35 Å². The van der Waals surface area contributed by atoms with Gasteiger partial charge in [0.15, 0.2) is 0 Å². The van der Waals surface area contributed by atoms with Gasteiger partial charge in [0.25, 0.3) is 10.1 Å². The maximum atomic E-state index is 10.7. The fourth-order valence-corrected chi connectivity index (χ4v) is 2.47. The van der Waals surface area contributed by atoms with Crippen LogP contribution >= 0.6 is 12.6 Å². The molecule has 1 atom stereocenters. The number of carbonyl (C=O) groups excluding carboxylic acids is 1. The third-order valence-electron chi connectivity index (χ3n) is 2.84. The normalized spacial score (nSPS) is 19.5. The van der Waals surface area contributed by atoms with Gasteiger partial charge < -0.3 is 0 Å². The van der Waals surface area contributed by atoms with Gasteiger partial charge in [-0.2, -0.15) is 21.0 Å². The first-order valence-electron chi connectivity index (χ1n) is 6.05. The van der Waals surface area contributed by atoms with Gasteiger partial charge in [0, 0.05) is 6.42 Å². The van der Waals surface area contributed by atoms with Crippen molar-refractivity contribution < 1.29 is 17.8 Å². The Morgan fingerprint density at radius 1 is 1.21 bits per heavy atom. The number of benzene rings is 1. The summed E-state index contributed by atoms with van der Waals surface area (Å²) in [6.07, 6.45) is 4.01. The minimum absolute atomic E-state index is 0.0590. The molecular weight excluding hydrogens is 284 g/mol. The average molecular weight is 302 g/mol. The molecule has 0 saturated heterocycles. The quantitative estimate of drug-likeness (QED) is 0.618. The fourth-order valence-electron chi connectivity index (χ4n) is 1.67. The van der Waals surface area contributed by atoms with Gasteiger partial charge in [-0.1, -0.05) is 24.1 Å². The maximum Gasteiger partial charge on any atom is 0.294 e. The van der Waals surface area contributed by atoms with Crippen LogP contribution in [-0.4, -0.2) is 24.0 Å². The first-order valence-corrected chi connectivity index (χ1v) is 8.01. The number of Topliss-reactive ketones (excluding diaryl/α,β-unsaturated/α-hetero) is 1. The van der Waals surface area contributed by atoms with E-state index in [1.807, 2.05) is 6.92 Å². The summed E-state index contributed by atoms with van der Waals surface area (Å²) in [5.41, 5.74) is 0.956. The highest BCUT2D eigenvalue weighted by molar-refractivity contribution is 7.85. The highest BCUT2D eigenvalue weighted by atomic mass is 32.2. The molecule has 1 fully saturated rings. The SMILES string of the molecule is Cc1ccc(S(=O)(=O)O)cc1.O=C1CCCCC1S. The number of rotatable bonds is 1. The van der Waals surface area contributed by atoms with Crippen molar-refractivity contribution in [1.29, 1.82) is 0 Å². The molecule has 0 amide bonds. The molecule has 106 valence electrons. The molecule has 1 N–H and O–H groups in total. The van der Waals surface area contributed by atoms with Crippen molar-refractivity contribution in [1.82, 2.24) is 0 Å². The van der Waals surface area contributed by atoms with Crippen molar-refractivity contribution in [3.63, 3.8) is 0 Å². The lowest BCUT2D eigenvalue weighted by Gasteiger charge is -2.13. The Hall–Kier alpha value is -0.850. The van der Waals surface area contributed by atoms with Crippen molar-refractivity contribution in [3.8, 4) is 0 Å². The molecule has 1 unspecified atom stereocenters. The Morgan fingerprint density at radius 3 is 2.16 bits per heavy atom. The summed E-state index contributed by atoms with van der Waals surface area (Å²) in [4.78, 5) is 10.7. The van der Waals surface area contributed by atoms with Crippen LogP contribution in [0.3, 0.4) is 0 Å². The van der Waals surface area contributed by atoms with Crippen LogP contribution in [0.5, 0.6) is 0 Å². The van der Waals surface area contributed by atoms with Crippen molar-refractivity contribution >= 4 is 28.5 Å². The van der Waals surface area contributed by atoms with E-state index in [4.69, 9.17) is 4.55 Å². The number of thiol groups is 1. The molecule has 1 aromatic rings. The second kappa shape index (κ2) is 7.07. The van der Waals surface area contributed by atoms with E-state index in [0.29, 0.717) is 5.78 Å². The van der Waals surface area contributed by atoms with E-state index in [-0.39, 0.29) is 10.1 Å². The molecule has 4 nitrogen and oxygen atoms in total. The van der Waals surface area contributed by atoms with Gasteiger partial charge in [0.05, 0.1) is 10.1 Å². The summed E-state index contributed by atoms with van der Waals surface area (Å²) < 4.78 is 29.6. The number of ketones is 1. The van der Waals surface area contributed by atoms with Crippen LogP contribution in [0.15, 0.2) is 29.2 Å². The summed E-state index contributed by atoms with van der Waals surface area (Å²) >= 11 is 4.11. The first-order chi connectivity index (χ1) is 8.80. The molecule has 0 aliphatic heterocycles. The van der Waals surface area contributed by atoms with Crippen LogP contribution < -0.4 is 0 Å². The molecule has 19 heavy (non-hydrogen) atoms. The highest BCUT2D eigenvalue weighted by Crippen LogP contribution is 2.18. The van der Waals surface area contributed by atoms with Crippen molar-refractivity contribution in [2.45, 2.75) is 42.8 Å². The van der Waals surface area contributed by atoms with Crippen molar-refractivity contribution in [2.24, 2.45) is 0 Å². The van der Waals surface area contributed by atoms with Crippen LogP contribution in [0.4, 0.5) is 0 Å². The second-order valence-electron chi connectivity index (χ2n) is 4.52. The Labute approximate surface area is 119 Å². The predicted molar refractivity (Wildman–Crippen MR) is 77.2 cm³/mol. The Balaban J connectivity index is 0.000000200. The predicted octanol–water partition coefficient (Wildman–Crippen LogP) is 2.67. The molecule has 0 radical (unpaired) electrons. The molecule has 1 saturated carbocycles. The van der Waals surface area contributed by atoms with Gasteiger partial charge in [0.1, 0.15) is 5.78 Å². The number of hydrogen-bond donors (Lipinski definition) is 2. The van der Waals surface area contributed by atoms with E-state index in [1.165, 1.54) is 18.6 Å². The molecule has 2 rings (SSSR count). The molecule has 1 aliphatic carbocycles. The Bertz CT molecular complexity index is 520. The highest BCUT2D eigenvalue weighted by Gasteiger charge is 2.17. The van der Waals surface area contributed by atoms with Crippen molar-refractivity contribution in [2.75, 3.05) is 0 Å². The smallest absolute Gasteiger partial charge is 0.294 e. The fraction of sp³-hybridized carbons (Fsp3) is 0.462. The van der Waals surface area contributed by atoms with Crippen LogP contribution in [0.2, 0.25) is 0 Å². The largest absolute Gasteiger partial charge is 0.298 e. The van der Waals surface area contributed by atoms with E-state index in [2.05, 4.69) is 12.6 Å². The third kappa shape index (κ3) is 5.76. The van der Waals surface area contributed by atoms with Gasteiger partial charge in [-0.15, -0.1) is 0 Å². The minimum Gasteiger partial charge on any atom is -0.298 e. The number of carbonyl (C=O) groups is 1. The third-order valence-corrected chi connectivity index (χ3v) is 4.26. The van der Waals surface area contributed by atoms with Crippen LogP contribution in [-0.2, 0) is 14.9 Å². The molecule has 1 aliphatic rings. The zero-order valence-electron chi connectivity index (χ0n) is 10.7. The summed E-state index contributed by atoms with van der Waals surface area (Å²) in [5.74, 6) is 0.333. The van der Waals surface area contributed by atoms with Crippen molar-refractivity contribution in [3.05, 3.63) is 29.8 Å².